The van der Waals surface area contributed by atoms with Gasteiger partial charge in [0.05, 0.1) is 24.0 Å². The summed E-state index contributed by atoms with van der Waals surface area (Å²) in [4.78, 5) is 68.1. The highest BCUT2D eigenvalue weighted by Gasteiger charge is 2.38. The summed E-state index contributed by atoms with van der Waals surface area (Å²) in [6.07, 6.45) is 10.8. The summed E-state index contributed by atoms with van der Waals surface area (Å²) in [5.74, 6) is -1.57. The normalized spacial score (nSPS) is 19.3. The number of thiazole rings is 1. The molecule has 4 amide bonds. The number of rotatable bonds is 11. The van der Waals surface area contributed by atoms with Crippen molar-refractivity contribution in [3.63, 3.8) is 0 Å². The molecule has 2 atom stereocenters. The summed E-state index contributed by atoms with van der Waals surface area (Å²) < 4.78 is 35.2. The molecular formula is C46H47F2N11O5S. The molecule has 19 heteroatoms. The van der Waals surface area contributed by atoms with E-state index in [0.717, 1.165) is 25.1 Å². The van der Waals surface area contributed by atoms with Crippen LogP contribution in [0.25, 0.3) is 22.0 Å². The van der Waals surface area contributed by atoms with E-state index in [9.17, 15) is 24.3 Å². The molecule has 2 aromatic carbocycles. The number of anilines is 3. The number of carbonyl (C=O) groups excluding carboxylic acids is 4. The van der Waals surface area contributed by atoms with Crippen molar-refractivity contribution in [1.82, 2.24) is 39.5 Å². The number of benzene rings is 2. The molecule has 0 radical (unpaired) electrons. The number of aryl methyl sites for hydroxylation is 1. The average molecular weight is 904 g/mol. The number of hydrogen-bond donors (Lipinski definition) is 4. The second-order valence-corrected chi connectivity index (χ2v) is 18.3. The Balaban J connectivity index is 0.745. The van der Waals surface area contributed by atoms with E-state index in [1.165, 1.54) is 22.1 Å². The molecule has 3 fully saturated rings. The van der Waals surface area contributed by atoms with Crippen molar-refractivity contribution in [3.8, 4) is 11.1 Å². The van der Waals surface area contributed by atoms with Crippen LogP contribution >= 0.6 is 11.3 Å². The number of fused-ring (bicyclic) bond motifs is 2. The number of amides is 4. The van der Waals surface area contributed by atoms with Crippen molar-refractivity contribution in [2.24, 2.45) is 0 Å². The first-order valence-corrected chi connectivity index (χ1v) is 22.9. The average Bonchev–Trinajstić information content (AvgIpc) is 4.13. The summed E-state index contributed by atoms with van der Waals surface area (Å²) in [6, 6.07) is 10.4. The second kappa shape index (κ2) is 17.4. The van der Waals surface area contributed by atoms with E-state index in [2.05, 4.69) is 36.0 Å². The maximum absolute atomic E-state index is 16.4. The number of piperidine rings is 3. The highest BCUT2D eigenvalue weighted by molar-refractivity contribution is 7.13. The smallest absolute Gasteiger partial charge is 0.257 e. The predicted octanol–water partition coefficient (Wildman–Crippen LogP) is 5.55. The molecule has 4 aromatic heterocycles. The van der Waals surface area contributed by atoms with Crippen LogP contribution in [-0.4, -0.2) is 101 Å². The van der Waals surface area contributed by atoms with Crippen LogP contribution in [0, 0.1) is 11.6 Å². The maximum Gasteiger partial charge on any atom is 0.257 e. The van der Waals surface area contributed by atoms with Crippen LogP contribution in [-0.2, 0) is 32.1 Å². The Labute approximate surface area is 376 Å². The van der Waals surface area contributed by atoms with Crippen molar-refractivity contribution in [2.75, 3.05) is 41.7 Å². The Hall–Kier alpha value is -6.60. The third-order valence-corrected chi connectivity index (χ3v) is 14.0. The van der Waals surface area contributed by atoms with Crippen LogP contribution in [0.4, 0.5) is 25.4 Å². The number of nitrogens with zero attached hydrogens (tertiary/aromatic N) is 8. The molecule has 16 nitrogen and oxygen atoms in total. The number of carbonyl (C=O) groups is 4. The van der Waals surface area contributed by atoms with E-state index in [1.54, 1.807) is 65.5 Å². The zero-order valence-electron chi connectivity index (χ0n) is 35.4. The van der Waals surface area contributed by atoms with Gasteiger partial charge in [0.2, 0.25) is 17.7 Å². The monoisotopic (exact) mass is 903 g/mol. The van der Waals surface area contributed by atoms with Crippen LogP contribution in [0.2, 0.25) is 0 Å². The molecular weight excluding hydrogens is 857 g/mol. The molecule has 0 bridgehead atoms. The fraction of sp³-hybridized carbons (Fsp3) is 0.391. The van der Waals surface area contributed by atoms with Crippen LogP contribution in [0.5, 0.6) is 0 Å². The Morgan fingerprint density at radius 3 is 2.54 bits per heavy atom. The minimum atomic E-state index is -1.18. The van der Waals surface area contributed by atoms with Crippen molar-refractivity contribution < 1.29 is 33.1 Å². The van der Waals surface area contributed by atoms with Crippen molar-refractivity contribution in [2.45, 2.75) is 87.9 Å². The molecule has 0 aliphatic carbocycles. The van der Waals surface area contributed by atoms with E-state index < -0.39 is 29.4 Å². The number of aliphatic hydroxyl groups is 1. The van der Waals surface area contributed by atoms with Crippen molar-refractivity contribution in [3.05, 3.63) is 101 Å². The summed E-state index contributed by atoms with van der Waals surface area (Å²) in [5.41, 5.74) is 2.36. The highest BCUT2D eigenvalue weighted by Crippen LogP contribution is 2.36. The number of imidazole rings is 1. The van der Waals surface area contributed by atoms with E-state index in [4.69, 9.17) is 0 Å². The predicted molar refractivity (Wildman–Crippen MR) is 238 cm³/mol. The van der Waals surface area contributed by atoms with Crippen LogP contribution in [0.3, 0.4) is 0 Å². The van der Waals surface area contributed by atoms with Gasteiger partial charge in [-0.1, -0.05) is 18.2 Å². The molecule has 336 valence electrons. The third kappa shape index (κ3) is 8.57. The van der Waals surface area contributed by atoms with E-state index >= 15 is 8.78 Å². The number of aromatic nitrogens is 6. The molecule has 4 aliphatic rings. The van der Waals surface area contributed by atoms with Crippen LogP contribution < -0.4 is 20.9 Å². The second-order valence-electron chi connectivity index (χ2n) is 17.4. The number of likely N-dealkylation sites (tertiary alicyclic amines) is 1. The van der Waals surface area contributed by atoms with Gasteiger partial charge in [-0.05, 0) is 80.7 Å². The minimum absolute atomic E-state index is 0.00780. The summed E-state index contributed by atoms with van der Waals surface area (Å²) in [5, 5.41) is 27.1. The molecule has 10 rings (SSSR count). The topological polar surface area (TPSA) is 192 Å². The maximum atomic E-state index is 16.4. The summed E-state index contributed by atoms with van der Waals surface area (Å²) in [7, 11) is 0. The van der Waals surface area contributed by atoms with E-state index in [0.29, 0.717) is 103 Å². The fourth-order valence-electron chi connectivity index (χ4n) is 9.66. The largest absolute Gasteiger partial charge is 0.389 e. The first-order chi connectivity index (χ1) is 31.5. The van der Waals surface area contributed by atoms with Crippen LogP contribution in [0.1, 0.15) is 80.3 Å². The molecule has 8 heterocycles. The Kier molecular flexibility index (Phi) is 11.3. The number of imide groups is 1. The minimum Gasteiger partial charge on any atom is -0.389 e. The van der Waals surface area contributed by atoms with Gasteiger partial charge >= 0.3 is 0 Å². The van der Waals surface area contributed by atoms with Gasteiger partial charge in [0.25, 0.3) is 5.91 Å². The first kappa shape index (κ1) is 42.4. The number of hydrogen-bond acceptors (Lipinski definition) is 12. The molecule has 65 heavy (non-hydrogen) atoms. The van der Waals surface area contributed by atoms with Gasteiger partial charge in [-0.15, -0.1) is 11.3 Å². The lowest BCUT2D eigenvalue weighted by atomic mass is 9.86. The molecule has 4 aliphatic heterocycles. The molecule has 0 saturated carbocycles. The zero-order valence-corrected chi connectivity index (χ0v) is 36.2. The Morgan fingerprint density at radius 2 is 1.80 bits per heavy atom. The summed E-state index contributed by atoms with van der Waals surface area (Å²) >= 11 is 1.30. The Bertz CT molecular complexity index is 2780. The van der Waals surface area contributed by atoms with E-state index in [-0.39, 0.29) is 47.8 Å². The lowest BCUT2D eigenvalue weighted by molar-refractivity contribution is -0.138. The molecule has 4 N–H and O–H groups in total. The van der Waals surface area contributed by atoms with Gasteiger partial charge in [-0.3, -0.25) is 34.5 Å². The van der Waals surface area contributed by atoms with Gasteiger partial charge in [0, 0.05) is 91.0 Å². The van der Waals surface area contributed by atoms with Gasteiger partial charge in [-0.25, -0.2) is 23.7 Å². The van der Waals surface area contributed by atoms with Gasteiger partial charge in [-0.2, -0.15) is 5.10 Å². The molecule has 0 spiro atoms. The molecule has 2 unspecified atom stereocenters. The number of nitrogens with one attached hydrogen (secondary N) is 3. The van der Waals surface area contributed by atoms with Gasteiger partial charge in [0.15, 0.2) is 17.0 Å². The fourth-order valence-corrected chi connectivity index (χ4v) is 10.2. The standard InChI is InChI=1S/C46H47F2N11O5S/c47-33-22-30(52-34-8-10-37(60)53-43(34)62)5-7-31(33)27-11-17-57(18-12-27)38(61)23-46(64)13-19-56(20-14-46)36-9-4-28(24-50-36)32-6-3-29-25-59(55-40(29)39(32)48)42(44(63)54-45-49-15-21-65-45)41-35-2-1-16-58(35)26-51-41/h3-7,9,15,21-22,24-27,34,42,52,64H,1-2,8,10-14,16-20,23H2,(H,49,54,63)(H,53,60,62). The summed E-state index contributed by atoms with van der Waals surface area (Å²) in [6.45, 7) is 2.66. The van der Waals surface area contributed by atoms with Crippen molar-refractivity contribution >= 4 is 62.5 Å². The van der Waals surface area contributed by atoms with Gasteiger partial charge < -0.3 is 24.8 Å². The van der Waals surface area contributed by atoms with E-state index in [1.807, 2.05) is 15.5 Å². The zero-order chi connectivity index (χ0) is 44.8. The highest BCUT2D eigenvalue weighted by atomic mass is 32.1. The lowest BCUT2D eigenvalue weighted by Crippen LogP contribution is -2.48. The molecule has 3 saturated heterocycles. The van der Waals surface area contributed by atoms with Crippen LogP contribution in [0.15, 0.2) is 72.8 Å². The lowest BCUT2D eigenvalue weighted by Gasteiger charge is -2.40. The quantitative estimate of drug-likeness (QED) is 0.119. The SMILES string of the molecule is O=C1CCC(Nc2ccc(C3CCN(C(=O)CC4(O)CCN(c5ccc(-c6ccc7cn(C(C(=O)Nc8nccs8)c8ncn9c8CCC9)nc7c6F)cn5)CC4)CC3)c(F)c2)C(=O)N1. The van der Waals surface area contributed by atoms with Crippen molar-refractivity contribution in [1.29, 1.82) is 0 Å². The number of pyridine rings is 1. The number of halogens is 2. The Morgan fingerprint density at radius 1 is 0.969 bits per heavy atom. The third-order valence-electron chi connectivity index (χ3n) is 13.3. The van der Waals surface area contributed by atoms with Gasteiger partial charge in [0.1, 0.15) is 23.2 Å². The molecule has 6 aromatic rings. The first-order valence-electron chi connectivity index (χ1n) is 22.0.